The quantitative estimate of drug-likeness (QED) is 0.608. The second-order valence-corrected chi connectivity index (χ2v) is 6.49. The fourth-order valence-corrected chi connectivity index (χ4v) is 3.36. The summed E-state index contributed by atoms with van der Waals surface area (Å²) < 4.78 is 26.7. The number of alkyl halides is 2. The van der Waals surface area contributed by atoms with Gasteiger partial charge in [0.15, 0.2) is 0 Å². The van der Waals surface area contributed by atoms with Crippen LogP contribution in [-0.2, 0) is 5.54 Å². The van der Waals surface area contributed by atoms with E-state index in [1.54, 1.807) is 12.1 Å². The molecule has 1 aliphatic carbocycles. The summed E-state index contributed by atoms with van der Waals surface area (Å²) >= 11 is 6.03. The van der Waals surface area contributed by atoms with Crippen molar-refractivity contribution in [1.82, 2.24) is 10.3 Å². The van der Waals surface area contributed by atoms with E-state index >= 15 is 0 Å². The second kappa shape index (κ2) is 6.17. The zero-order chi connectivity index (χ0) is 19.1. The van der Waals surface area contributed by atoms with Gasteiger partial charge in [-0.05, 0) is 5.56 Å². The number of halogens is 3. The van der Waals surface area contributed by atoms with Gasteiger partial charge < -0.3 is 10.4 Å². The number of carbonyl (C=O) groups is 1. The molecule has 26 heavy (non-hydrogen) atoms. The summed E-state index contributed by atoms with van der Waals surface area (Å²) in [4.78, 5) is 25.0. The van der Waals surface area contributed by atoms with Gasteiger partial charge in [-0.15, -0.1) is 0 Å². The number of amides is 1. The highest BCUT2D eigenvalue weighted by Gasteiger charge is 2.58. The Balaban J connectivity index is 1.91. The van der Waals surface area contributed by atoms with Crippen molar-refractivity contribution < 1.29 is 23.6 Å². The molecule has 0 atom stereocenters. The molecular formula is C16H12ClF2N3O4. The van der Waals surface area contributed by atoms with E-state index in [-0.39, 0.29) is 10.7 Å². The predicted molar refractivity (Wildman–Crippen MR) is 88.4 cm³/mol. The zero-order valence-corrected chi connectivity index (χ0v) is 13.8. The number of carboxylic acid groups (broad SMARTS) is 1. The number of nitro groups is 1. The van der Waals surface area contributed by atoms with Crippen LogP contribution in [-0.4, -0.2) is 27.0 Å². The monoisotopic (exact) mass is 383 g/mol. The topological polar surface area (TPSA) is 105 Å². The Bertz CT molecular complexity index is 882. The number of benzene rings is 1. The number of hydrogen-bond donors (Lipinski definition) is 2. The molecule has 2 aromatic rings. The molecule has 1 saturated carbocycles. The summed E-state index contributed by atoms with van der Waals surface area (Å²) in [6, 6.07) is 7.30. The highest BCUT2D eigenvalue weighted by Crippen LogP contribution is 2.51. The Kier molecular flexibility index (Phi) is 4.27. The van der Waals surface area contributed by atoms with Crippen molar-refractivity contribution in [3.8, 4) is 11.3 Å². The number of pyridine rings is 1. The van der Waals surface area contributed by atoms with Crippen molar-refractivity contribution >= 4 is 23.4 Å². The molecule has 1 amide bonds. The summed E-state index contributed by atoms with van der Waals surface area (Å²) in [5.74, 6) is -2.93. The molecule has 0 saturated heterocycles. The predicted octanol–water partition coefficient (Wildman–Crippen LogP) is 4.20. The van der Waals surface area contributed by atoms with E-state index in [0.717, 1.165) is 12.3 Å². The molecule has 1 heterocycles. The maximum Gasteiger partial charge on any atom is 0.405 e. The minimum absolute atomic E-state index is 0.0699. The van der Waals surface area contributed by atoms with Gasteiger partial charge >= 0.3 is 6.09 Å². The first-order valence-corrected chi connectivity index (χ1v) is 7.79. The normalized spacial score (nSPS) is 17.2. The first-order chi connectivity index (χ1) is 12.1. The molecule has 0 unspecified atom stereocenters. The zero-order valence-electron chi connectivity index (χ0n) is 13.1. The largest absolute Gasteiger partial charge is 0.465 e. The SMILES string of the molecule is O=C(O)NC1(c2ccc(-c3ncc([N+](=O)[O-])cc3Cl)cc2)CC(F)(F)C1. The van der Waals surface area contributed by atoms with Crippen LogP contribution in [0.15, 0.2) is 36.5 Å². The van der Waals surface area contributed by atoms with Crippen LogP contribution in [0, 0.1) is 10.1 Å². The van der Waals surface area contributed by atoms with E-state index in [1.165, 1.54) is 12.1 Å². The minimum atomic E-state index is -2.93. The summed E-state index contributed by atoms with van der Waals surface area (Å²) in [6.45, 7) is 0. The van der Waals surface area contributed by atoms with Gasteiger partial charge in [0, 0.05) is 24.5 Å². The van der Waals surface area contributed by atoms with Gasteiger partial charge in [0.2, 0.25) is 0 Å². The summed E-state index contributed by atoms with van der Waals surface area (Å²) in [5.41, 5.74) is -0.391. The van der Waals surface area contributed by atoms with Crippen molar-refractivity contribution in [1.29, 1.82) is 0 Å². The standard InChI is InChI=1S/C16H12ClF2N3O4/c17-12-5-11(22(25)26)6-20-13(12)9-1-3-10(4-2-9)15(21-14(23)24)7-16(18,19)8-15/h1-6,21H,7-8H2,(H,23,24). The third-order valence-electron chi connectivity index (χ3n) is 4.22. The van der Waals surface area contributed by atoms with Gasteiger partial charge in [-0.3, -0.25) is 10.1 Å². The van der Waals surface area contributed by atoms with Crippen LogP contribution < -0.4 is 5.32 Å². The van der Waals surface area contributed by atoms with Gasteiger partial charge in [0.05, 0.1) is 21.2 Å². The molecular weight excluding hydrogens is 372 g/mol. The first kappa shape index (κ1) is 18.0. The molecule has 7 nitrogen and oxygen atoms in total. The van der Waals surface area contributed by atoms with Crippen molar-refractivity contribution in [3.63, 3.8) is 0 Å². The molecule has 1 aromatic carbocycles. The smallest absolute Gasteiger partial charge is 0.405 e. The van der Waals surface area contributed by atoms with E-state index in [1.807, 2.05) is 0 Å². The number of nitrogens with one attached hydrogen (secondary N) is 1. The van der Waals surface area contributed by atoms with Gasteiger partial charge in [-0.2, -0.15) is 0 Å². The van der Waals surface area contributed by atoms with Crippen LogP contribution in [0.4, 0.5) is 19.3 Å². The Hall–Kier alpha value is -2.81. The van der Waals surface area contributed by atoms with Crippen molar-refractivity contribution in [3.05, 3.63) is 57.2 Å². The van der Waals surface area contributed by atoms with Crippen LogP contribution in [0.3, 0.4) is 0 Å². The first-order valence-electron chi connectivity index (χ1n) is 7.42. The van der Waals surface area contributed by atoms with Crippen molar-refractivity contribution in [2.75, 3.05) is 0 Å². The maximum atomic E-state index is 13.4. The Morgan fingerprint density at radius 2 is 1.92 bits per heavy atom. The Morgan fingerprint density at radius 3 is 2.38 bits per heavy atom. The van der Waals surface area contributed by atoms with E-state index in [9.17, 15) is 23.7 Å². The van der Waals surface area contributed by atoms with Crippen LogP contribution >= 0.6 is 11.6 Å². The van der Waals surface area contributed by atoms with Crippen LogP contribution in [0.1, 0.15) is 18.4 Å². The van der Waals surface area contributed by atoms with E-state index in [4.69, 9.17) is 16.7 Å². The van der Waals surface area contributed by atoms with Crippen molar-refractivity contribution in [2.24, 2.45) is 0 Å². The number of rotatable bonds is 4. The van der Waals surface area contributed by atoms with Gasteiger partial charge in [-0.25, -0.2) is 18.6 Å². The molecule has 1 aliphatic rings. The lowest BCUT2D eigenvalue weighted by Gasteiger charge is -2.47. The molecule has 136 valence electrons. The lowest BCUT2D eigenvalue weighted by atomic mass is 9.69. The molecule has 0 aliphatic heterocycles. The number of nitrogens with zero attached hydrogens (tertiary/aromatic N) is 2. The molecule has 2 N–H and O–H groups in total. The second-order valence-electron chi connectivity index (χ2n) is 6.08. The molecule has 1 fully saturated rings. The van der Waals surface area contributed by atoms with Crippen LogP contribution in [0.25, 0.3) is 11.3 Å². The fraction of sp³-hybridized carbons (Fsp3) is 0.250. The van der Waals surface area contributed by atoms with Gasteiger partial charge in [0.25, 0.3) is 11.6 Å². The van der Waals surface area contributed by atoms with Gasteiger partial charge in [0.1, 0.15) is 6.20 Å². The third kappa shape index (κ3) is 3.30. The lowest BCUT2D eigenvalue weighted by Crippen LogP contribution is -2.59. The van der Waals surface area contributed by atoms with Crippen LogP contribution in [0.2, 0.25) is 5.02 Å². The van der Waals surface area contributed by atoms with E-state index < -0.39 is 35.3 Å². The molecule has 10 heteroatoms. The summed E-state index contributed by atoms with van der Waals surface area (Å²) in [7, 11) is 0. The number of aromatic nitrogens is 1. The average Bonchev–Trinajstić information content (AvgIpc) is 2.52. The Labute approximate surface area is 150 Å². The average molecular weight is 384 g/mol. The summed E-state index contributed by atoms with van der Waals surface area (Å²) in [6.07, 6.45) is -1.57. The maximum absolute atomic E-state index is 13.4. The lowest BCUT2D eigenvalue weighted by molar-refractivity contribution is -0.385. The Morgan fingerprint density at radius 1 is 1.31 bits per heavy atom. The molecule has 3 rings (SSSR count). The van der Waals surface area contributed by atoms with E-state index in [2.05, 4.69) is 10.3 Å². The molecule has 1 aromatic heterocycles. The van der Waals surface area contributed by atoms with Crippen molar-refractivity contribution in [2.45, 2.75) is 24.3 Å². The third-order valence-corrected chi connectivity index (χ3v) is 4.50. The summed E-state index contributed by atoms with van der Waals surface area (Å²) in [5, 5.41) is 21.9. The minimum Gasteiger partial charge on any atom is -0.465 e. The highest BCUT2D eigenvalue weighted by molar-refractivity contribution is 6.33. The molecule has 0 spiro atoms. The highest BCUT2D eigenvalue weighted by atomic mass is 35.5. The van der Waals surface area contributed by atoms with Gasteiger partial charge in [-0.1, -0.05) is 35.9 Å². The number of hydrogen-bond acceptors (Lipinski definition) is 4. The van der Waals surface area contributed by atoms with E-state index in [0.29, 0.717) is 16.8 Å². The fourth-order valence-electron chi connectivity index (χ4n) is 3.09. The van der Waals surface area contributed by atoms with Crippen LogP contribution in [0.5, 0.6) is 0 Å². The molecule has 0 radical (unpaired) electrons. The molecule has 0 bridgehead atoms.